The van der Waals surface area contributed by atoms with Crippen molar-refractivity contribution in [2.45, 2.75) is 31.5 Å². The molecule has 2 aromatic heterocycles. The van der Waals surface area contributed by atoms with Crippen LogP contribution in [0.25, 0.3) is 11.0 Å². The van der Waals surface area contributed by atoms with E-state index in [0.29, 0.717) is 10.9 Å². The van der Waals surface area contributed by atoms with Crippen LogP contribution in [-0.4, -0.2) is 21.9 Å². The molecule has 120 valence electrons. The van der Waals surface area contributed by atoms with Gasteiger partial charge in [0.1, 0.15) is 5.58 Å². The van der Waals surface area contributed by atoms with E-state index in [0.717, 1.165) is 33.0 Å². The fourth-order valence-corrected chi connectivity index (χ4v) is 3.94. The van der Waals surface area contributed by atoms with Crippen molar-refractivity contribution in [3.63, 3.8) is 0 Å². The van der Waals surface area contributed by atoms with Gasteiger partial charge in [-0.2, -0.15) is 0 Å². The summed E-state index contributed by atoms with van der Waals surface area (Å²) in [6.45, 7) is 6.05. The van der Waals surface area contributed by atoms with Gasteiger partial charge in [0.25, 0.3) is 5.91 Å². The van der Waals surface area contributed by atoms with Gasteiger partial charge >= 0.3 is 0 Å². The van der Waals surface area contributed by atoms with E-state index in [9.17, 15) is 4.79 Å². The third-order valence-corrected chi connectivity index (χ3v) is 5.36. The van der Waals surface area contributed by atoms with Crippen molar-refractivity contribution >= 4 is 45.1 Å². The van der Waals surface area contributed by atoms with E-state index in [1.165, 1.54) is 16.9 Å². The molecular weight excluding hydrogens is 330 g/mol. The molecule has 23 heavy (non-hydrogen) atoms. The highest BCUT2D eigenvalue weighted by Gasteiger charge is 2.19. The highest BCUT2D eigenvalue weighted by atomic mass is 32.2. The summed E-state index contributed by atoms with van der Waals surface area (Å²) in [5, 5.41) is 12.2. The summed E-state index contributed by atoms with van der Waals surface area (Å²) in [5.41, 5.74) is 2.79. The van der Waals surface area contributed by atoms with Crippen LogP contribution in [0, 0.1) is 6.92 Å². The third-order valence-electron chi connectivity index (χ3n) is 3.51. The molecule has 3 aromatic rings. The molecule has 5 nitrogen and oxygen atoms in total. The Labute approximate surface area is 142 Å². The molecule has 1 N–H and O–H groups in total. The van der Waals surface area contributed by atoms with Gasteiger partial charge in [-0.1, -0.05) is 43.0 Å². The number of aryl methyl sites for hydroxylation is 2. The summed E-state index contributed by atoms with van der Waals surface area (Å²) in [7, 11) is 0. The van der Waals surface area contributed by atoms with E-state index >= 15 is 0 Å². The number of carbonyl (C=O) groups is 1. The molecule has 0 unspecified atom stereocenters. The lowest BCUT2D eigenvalue weighted by atomic mass is 10.1. The predicted molar refractivity (Wildman–Crippen MR) is 94.6 cm³/mol. The first kappa shape index (κ1) is 16.0. The van der Waals surface area contributed by atoms with Crippen molar-refractivity contribution in [3.8, 4) is 0 Å². The molecule has 0 bridgehead atoms. The van der Waals surface area contributed by atoms with Crippen LogP contribution < -0.4 is 5.32 Å². The number of hydrogen-bond donors (Lipinski definition) is 1. The second-order valence-electron chi connectivity index (χ2n) is 5.00. The smallest absolute Gasteiger partial charge is 0.293 e. The zero-order chi connectivity index (χ0) is 16.4. The first-order valence-electron chi connectivity index (χ1n) is 7.42. The van der Waals surface area contributed by atoms with Crippen LogP contribution in [0.4, 0.5) is 5.13 Å². The van der Waals surface area contributed by atoms with Gasteiger partial charge in [-0.15, -0.1) is 10.2 Å². The van der Waals surface area contributed by atoms with Crippen LogP contribution >= 0.6 is 23.1 Å². The average molecular weight is 347 g/mol. The minimum Gasteiger partial charge on any atom is -0.451 e. The molecule has 2 heterocycles. The van der Waals surface area contributed by atoms with E-state index in [1.54, 1.807) is 11.8 Å². The monoisotopic (exact) mass is 347 g/mol. The van der Waals surface area contributed by atoms with Crippen molar-refractivity contribution < 1.29 is 9.21 Å². The second-order valence-corrected chi connectivity index (χ2v) is 7.49. The van der Waals surface area contributed by atoms with Gasteiger partial charge in [-0.3, -0.25) is 10.1 Å². The number of nitrogens with one attached hydrogen (secondary N) is 1. The molecule has 0 atom stereocenters. The fourth-order valence-electron chi connectivity index (χ4n) is 2.30. The minimum atomic E-state index is -0.291. The second kappa shape index (κ2) is 6.72. The molecule has 0 aliphatic heterocycles. The standard InChI is InChI=1S/C16H17N3O2S2/c1-4-10-6-7-12-11(8-10)9(3)13(21-12)14(20)17-15-18-19-16(23-15)22-5-2/h6-8H,4-5H2,1-3H3,(H,17,18,20). The van der Waals surface area contributed by atoms with Crippen LogP contribution in [0.2, 0.25) is 0 Å². The van der Waals surface area contributed by atoms with Crippen LogP contribution in [-0.2, 0) is 6.42 Å². The largest absolute Gasteiger partial charge is 0.451 e. The van der Waals surface area contributed by atoms with Gasteiger partial charge in [0.15, 0.2) is 10.1 Å². The molecule has 0 saturated carbocycles. The molecule has 0 aliphatic carbocycles. The minimum absolute atomic E-state index is 0.291. The molecule has 0 aliphatic rings. The van der Waals surface area contributed by atoms with Crippen molar-refractivity contribution in [1.29, 1.82) is 0 Å². The van der Waals surface area contributed by atoms with E-state index in [4.69, 9.17) is 4.42 Å². The van der Waals surface area contributed by atoms with Crippen molar-refractivity contribution in [3.05, 3.63) is 35.1 Å². The highest BCUT2D eigenvalue weighted by Crippen LogP contribution is 2.29. The van der Waals surface area contributed by atoms with Crippen LogP contribution in [0.5, 0.6) is 0 Å². The number of thioether (sulfide) groups is 1. The lowest BCUT2D eigenvalue weighted by Crippen LogP contribution is -2.11. The summed E-state index contributed by atoms with van der Waals surface area (Å²) >= 11 is 2.97. The zero-order valence-corrected chi connectivity index (χ0v) is 14.8. The number of carbonyl (C=O) groups excluding carboxylic acids is 1. The Kier molecular flexibility index (Phi) is 4.68. The van der Waals surface area contributed by atoms with Crippen molar-refractivity contribution in [1.82, 2.24) is 10.2 Å². The van der Waals surface area contributed by atoms with Gasteiger partial charge < -0.3 is 4.42 Å². The molecule has 7 heteroatoms. The summed E-state index contributed by atoms with van der Waals surface area (Å²) in [6.07, 6.45) is 0.949. The zero-order valence-electron chi connectivity index (χ0n) is 13.2. The number of hydrogen-bond acceptors (Lipinski definition) is 6. The summed E-state index contributed by atoms with van der Waals surface area (Å²) in [5.74, 6) is 0.958. The van der Waals surface area contributed by atoms with Crippen LogP contribution in [0.15, 0.2) is 27.0 Å². The Balaban J connectivity index is 1.86. The van der Waals surface area contributed by atoms with E-state index in [-0.39, 0.29) is 5.91 Å². The fraction of sp³-hybridized carbons (Fsp3) is 0.312. The average Bonchev–Trinajstić information content (AvgIpc) is 3.12. The van der Waals surface area contributed by atoms with Gasteiger partial charge in [-0.25, -0.2) is 0 Å². The lowest BCUT2D eigenvalue weighted by Gasteiger charge is -1.98. The molecule has 0 spiro atoms. The molecule has 1 aromatic carbocycles. The number of benzene rings is 1. The van der Waals surface area contributed by atoms with Crippen LogP contribution in [0.3, 0.4) is 0 Å². The topological polar surface area (TPSA) is 68.0 Å². The number of furan rings is 1. The first-order valence-corrected chi connectivity index (χ1v) is 9.22. The molecule has 0 saturated heterocycles. The molecule has 3 rings (SSSR count). The number of rotatable bonds is 5. The van der Waals surface area contributed by atoms with Crippen molar-refractivity contribution in [2.75, 3.05) is 11.1 Å². The maximum Gasteiger partial charge on any atom is 0.293 e. The number of anilines is 1. The number of fused-ring (bicyclic) bond motifs is 1. The van der Waals surface area contributed by atoms with E-state index < -0.39 is 0 Å². The molecule has 0 fully saturated rings. The maximum atomic E-state index is 12.5. The van der Waals surface area contributed by atoms with Gasteiger partial charge in [0.2, 0.25) is 5.13 Å². The Morgan fingerprint density at radius 3 is 2.91 bits per heavy atom. The van der Waals surface area contributed by atoms with Crippen molar-refractivity contribution in [2.24, 2.45) is 0 Å². The molecular formula is C16H17N3O2S2. The van der Waals surface area contributed by atoms with Gasteiger partial charge in [0.05, 0.1) is 0 Å². The third kappa shape index (κ3) is 3.25. The first-order chi connectivity index (χ1) is 11.1. The molecule has 1 amide bonds. The maximum absolute atomic E-state index is 12.5. The van der Waals surface area contributed by atoms with E-state index in [2.05, 4.69) is 28.5 Å². The van der Waals surface area contributed by atoms with Gasteiger partial charge in [-0.05, 0) is 36.8 Å². The normalized spacial score (nSPS) is 11.1. The van der Waals surface area contributed by atoms with Gasteiger partial charge in [0, 0.05) is 10.9 Å². The summed E-state index contributed by atoms with van der Waals surface area (Å²) in [6, 6.07) is 6.01. The predicted octanol–water partition coefficient (Wildman–Crippen LogP) is 4.52. The number of aromatic nitrogens is 2. The highest BCUT2D eigenvalue weighted by molar-refractivity contribution is 8.01. The Morgan fingerprint density at radius 1 is 1.35 bits per heavy atom. The Bertz CT molecular complexity index is 854. The Morgan fingerprint density at radius 2 is 2.17 bits per heavy atom. The number of nitrogens with zero attached hydrogens (tertiary/aromatic N) is 2. The molecule has 0 radical (unpaired) electrons. The lowest BCUT2D eigenvalue weighted by molar-refractivity contribution is 0.0998. The quantitative estimate of drug-likeness (QED) is 0.543. The van der Waals surface area contributed by atoms with E-state index in [1.807, 2.05) is 26.0 Å². The summed E-state index contributed by atoms with van der Waals surface area (Å²) < 4.78 is 6.57. The number of amides is 1. The summed E-state index contributed by atoms with van der Waals surface area (Å²) in [4.78, 5) is 12.5. The SMILES string of the molecule is CCSc1nnc(NC(=O)c2oc3ccc(CC)cc3c2C)s1. The van der Waals surface area contributed by atoms with Crippen LogP contribution in [0.1, 0.15) is 35.5 Å². The Hall–Kier alpha value is -1.86.